The Labute approximate surface area is 244 Å². The number of ether oxygens (including phenoxy) is 3. The Kier molecular flexibility index (Phi) is 10.7. The van der Waals surface area contributed by atoms with Crippen LogP contribution in [0.3, 0.4) is 0 Å². The first-order valence-electron chi connectivity index (χ1n) is 14.7. The molecule has 1 saturated heterocycles. The van der Waals surface area contributed by atoms with Gasteiger partial charge >= 0.3 is 12.2 Å². The Morgan fingerprint density at radius 1 is 1.12 bits per heavy atom. The molecule has 0 radical (unpaired) electrons. The number of amides is 2. The number of hydrogen-bond donors (Lipinski definition) is 1. The summed E-state index contributed by atoms with van der Waals surface area (Å²) in [6.07, 6.45) is 7.75. The van der Waals surface area contributed by atoms with Crippen LogP contribution in [-0.2, 0) is 20.8 Å². The van der Waals surface area contributed by atoms with Gasteiger partial charge in [0.2, 0.25) is 0 Å². The van der Waals surface area contributed by atoms with Gasteiger partial charge in [0, 0.05) is 52.6 Å². The van der Waals surface area contributed by atoms with Crippen molar-refractivity contribution in [2.75, 3.05) is 53.4 Å². The van der Waals surface area contributed by atoms with Crippen LogP contribution >= 0.6 is 0 Å². The molecule has 226 valence electrons. The van der Waals surface area contributed by atoms with Gasteiger partial charge in [0.1, 0.15) is 18.4 Å². The van der Waals surface area contributed by atoms with Gasteiger partial charge in [0.05, 0.1) is 6.04 Å². The van der Waals surface area contributed by atoms with Crippen LogP contribution in [0.5, 0.6) is 0 Å². The minimum absolute atomic E-state index is 0.0148. The number of likely N-dealkylation sites (N-methyl/N-ethyl adjacent to an activating group) is 2. The van der Waals surface area contributed by atoms with Crippen molar-refractivity contribution in [1.29, 1.82) is 0 Å². The molecule has 1 fully saturated rings. The normalized spacial score (nSPS) is 21.4. The molecule has 0 saturated carbocycles. The molecule has 2 atom stereocenters. The van der Waals surface area contributed by atoms with E-state index < -0.39 is 5.60 Å². The van der Waals surface area contributed by atoms with Gasteiger partial charge in [0.25, 0.3) is 0 Å². The molecule has 10 heteroatoms. The number of hydrogen-bond acceptors (Lipinski definition) is 8. The number of benzene rings is 1. The lowest BCUT2D eigenvalue weighted by molar-refractivity contribution is -0.0821. The molecule has 2 unspecified atom stereocenters. The third-order valence-corrected chi connectivity index (χ3v) is 7.47. The fraction of sp³-hybridized carbons (Fsp3) is 0.613. The first kappa shape index (κ1) is 30.9. The first-order chi connectivity index (χ1) is 19.6. The third kappa shape index (κ3) is 9.21. The van der Waals surface area contributed by atoms with Crippen LogP contribution in [0.2, 0.25) is 0 Å². The Morgan fingerprint density at radius 3 is 2.56 bits per heavy atom. The molecule has 0 spiro atoms. The molecule has 41 heavy (non-hydrogen) atoms. The lowest BCUT2D eigenvalue weighted by Gasteiger charge is -2.34. The van der Waals surface area contributed by atoms with Crippen LogP contribution in [0.1, 0.15) is 52.0 Å². The van der Waals surface area contributed by atoms with Gasteiger partial charge in [-0.2, -0.15) is 0 Å². The second-order valence-electron chi connectivity index (χ2n) is 12.1. The summed E-state index contributed by atoms with van der Waals surface area (Å²) >= 11 is 0. The van der Waals surface area contributed by atoms with Crippen molar-refractivity contribution < 1.29 is 23.8 Å². The average molecular weight is 570 g/mol. The highest BCUT2D eigenvalue weighted by Crippen LogP contribution is 2.28. The zero-order valence-corrected chi connectivity index (χ0v) is 25.3. The molecular weight excluding hydrogens is 522 g/mol. The maximum atomic E-state index is 12.7. The molecule has 3 heterocycles. The van der Waals surface area contributed by atoms with Crippen molar-refractivity contribution in [3.63, 3.8) is 0 Å². The summed E-state index contributed by atoms with van der Waals surface area (Å²) in [5, 5.41) is 2.13. The number of carbonyl (C=O) groups is 2. The van der Waals surface area contributed by atoms with E-state index in [0.29, 0.717) is 26.2 Å². The van der Waals surface area contributed by atoms with Gasteiger partial charge in [-0.3, -0.25) is 5.01 Å². The summed E-state index contributed by atoms with van der Waals surface area (Å²) < 4.78 is 17.1. The van der Waals surface area contributed by atoms with E-state index in [0.717, 1.165) is 44.4 Å². The fourth-order valence-electron chi connectivity index (χ4n) is 5.15. The monoisotopic (exact) mass is 569 g/mol. The summed E-state index contributed by atoms with van der Waals surface area (Å²) in [5.74, 6) is 0. The minimum atomic E-state index is -0.516. The summed E-state index contributed by atoms with van der Waals surface area (Å²) in [7, 11) is 3.84. The smallest absolute Gasteiger partial charge is 0.410 e. The molecule has 1 aromatic carbocycles. The molecule has 1 aromatic rings. The van der Waals surface area contributed by atoms with Gasteiger partial charge in [-0.25, -0.2) is 15.0 Å². The van der Waals surface area contributed by atoms with Crippen LogP contribution in [0.25, 0.3) is 0 Å². The van der Waals surface area contributed by atoms with E-state index in [9.17, 15) is 9.59 Å². The number of hydrazine groups is 1. The lowest BCUT2D eigenvalue weighted by atomic mass is 9.95. The molecule has 0 aromatic heterocycles. The first-order valence-corrected chi connectivity index (χ1v) is 14.7. The van der Waals surface area contributed by atoms with Crippen LogP contribution in [0.15, 0.2) is 53.8 Å². The number of rotatable bonds is 9. The minimum Gasteiger partial charge on any atom is -0.445 e. The van der Waals surface area contributed by atoms with Crippen molar-refractivity contribution >= 4 is 12.2 Å². The molecule has 3 aliphatic rings. The molecule has 1 N–H and O–H groups in total. The van der Waals surface area contributed by atoms with Gasteiger partial charge < -0.3 is 28.9 Å². The number of nitrogens with zero attached hydrogens (tertiary/aromatic N) is 4. The van der Waals surface area contributed by atoms with E-state index in [2.05, 4.69) is 34.7 Å². The zero-order chi connectivity index (χ0) is 29.4. The van der Waals surface area contributed by atoms with Crippen molar-refractivity contribution in [2.24, 2.45) is 0 Å². The van der Waals surface area contributed by atoms with Gasteiger partial charge in [-0.15, -0.1) is 0 Å². The second-order valence-corrected chi connectivity index (χ2v) is 12.1. The van der Waals surface area contributed by atoms with Gasteiger partial charge in [-0.1, -0.05) is 36.4 Å². The molecule has 0 bridgehead atoms. The highest BCUT2D eigenvalue weighted by atomic mass is 16.6. The topological polar surface area (TPSA) is 86.8 Å². The van der Waals surface area contributed by atoms with E-state index in [4.69, 9.17) is 14.2 Å². The summed E-state index contributed by atoms with van der Waals surface area (Å²) in [6, 6.07) is 9.78. The van der Waals surface area contributed by atoms with E-state index in [-0.39, 0.29) is 31.1 Å². The van der Waals surface area contributed by atoms with Crippen LogP contribution < -0.4 is 5.43 Å². The standard InChI is InChI=1S/C31H47N5O5/c1-31(2,3)41-29(37)34(5)19-18-33(4)21-26-22-36(27-13-9-10-20-39-27)32-28(26)25-14-16-35(17-15-25)30(38)40-23-24-11-7-6-8-12-24/h6-8,11-12,14,22,27-28,32H,9-10,13,15-21,23H2,1-5H3. The predicted octanol–water partition coefficient (Wildman–Crippen LogP) is 4.35. The Hall–Kier alpha value is -3.08. The maximum absolute atomic E-state index is 12.7. The SMILES string of the molecule is CN(CCN(C)C(=O)OC(C)(C)C)CC1=CN(C2CCCCO2)NC1C1=CCN(C(=O)OCc2ccccc2)CC1. The molecule has 3 aliphatic heterocycles. The Balaban J connectivity index is 1.35. The maximum Gasteiger partial charge on any atom is 0.410 e. The third-order valence-electron chi connectivity index (χ3n) is 7.47. The van der Waals surface area contributed by atoms with E-state index in [1.807, 2.05) is 51.1 Å². The Morgan fingerprint density at radius 2 is 1.90 bits per heavy atom. The number of nitrogens with one attached hydrogen (secondary N) is 1. The quantitative estimate of drug-likeness (QED) is 0.440. The largest absolute Gasteiger partial charge is 0.445 e. The van der Waals surface area contributed by atoms with Gasteiger partial charge in [-0.05, 0) is 70.2 Å². The highest BCUT2D eigenvalue weighted by Gasteiger charge is 2.34. The summed E-state index contributed by atoms with van der Waals surface area (Å²) in [6.45, 7) is 9.81. The molecular formula is C31H47N5O5. The highest BCUT2D eigenvalue weighted by molar-refractivity contribution is 5.68. The molecule has 10 nitrogen and oxygen atoms in total. The average Bonchev–Trinajstić information content (AvgIpc) is 3.38. The van der Waals surface area contributed by atoms with Crippen LogP contribution in [0, 0.1) is 0 Å². The summed E-state index contributed by atoms with van der Waals surface area (Å²) in [5.41, 5.74) is 6.66. The molecule has 4 rings (SSSR count). The van der Waals surface area contributed by atoms with Gasteiger partial charge in [0.15, 0.2) is 0 Å². The van der Waals surface area contributed by atoms with Crippen molar-refractivity contribution in [1.82, 2.24) is 25.1 Å². The zero-order valence-electron chi connectivity index (χ0n) is 25.3. The lowest BCUT2D eigenvalue weighted by Crippen LogP contribution is -2.47. The van der Waals surface area contributed by atoms with Crippen molar-refractivity contribution in [3.05, 3.63) is 59.3 Å². The van der Waals surface area contributed by atoms with E-state index in [1.165, 1.54) is 11.1 Å². The van der Waals surface area contributed by atoms with Crippen LogP contribution in [0.4, 0.5) is 9.59 Å². The van der Waals surface area contributed by atoms with Crippen molar-refractivity contribution in [3.8, 4) is 0 Å². The predicted molar refractivity (Wildman–Crippen MR) is 158 cm³/mol. The molecule has 0 aliphatic carbocycles. The number of carbonyl (C=O) groups excluding carboxylic acids is 2. The summed E-state index contributed by atoms with van der Waals surface area (Å²) in [4.78, 5) is 30.7. The fourth-order valence-corrected chi connectivity index (χ4v) is 5.15. The molecule has 2 amide bonds. The van der Waals surface area contributed by atoms with E-state index in [1.54, 1.807) is 16.8 Å². The van der Waals surface area contributed by atoms with E-state index >= 15 is 0 Å². The Bertz CT molecular complexity index is 1080. The van der Waals surface area contributed by atoms with Crippen molar-refractivity contribution in [2.45, 2.75) is 70.9 Å². The van der Waals surface area contributed by atoms with Crippen LogP contribution in [-0.4, -0.2) is 103 Å². The second kappa shape index (κ2) is 14.2.